The van der Waals surface area contributed by atoms with Gasteiger partial charge in [-0.1, -0.05) is 30.3 Å². The van der Waals surface area contributed by atoms with Crippen LogP contribution in [-0.2, 0) is 5.60 Å². The van der Waals surface area contributed by atoms with Gasteiger partial charge in [-0.25, -0.2) is 0 Å². The number of aliphatic hydroxyl groups is 1. The zero-order valence-electron chi connectivity index (χ0n) is 17.9. The number of rotatable bonds is 7. The summed E-state index contributed by atoms with van der Waals surface area (Å²) in [6.45, 7) is 4.84. The van der Waals surface area contributed by atoms with Crippen LogP contribution in [0.2, 0.25) is 0 Å². The number of hydrogen-bond donors (Lipinski definition) is 1. The highest BCUT2D eigenvalue weighted by molar-refractivity contribution is 5.85. The van der Waals surface area contributed by atoms with E-state index in [1.54, 1.807) is 0 Å². The van der Waals surface area contributed by atoms with Crippen molar-refractivity contribution < 1.29 is 14.6 Å². The van der Waals surface area contributed by atoms with Gasteiger partial charge in [0.1, 0.15) is 11.5 Å². The molecule has 0 spiro atoms. The van der Waals surface area contributed by atoms with E-state index in [0.717, 1.165) is 36.4 Å². The lowest BCUT2D eigenvalue weighted by molar-refractivity contribution is -0.0875. The van der Waals surface area contributed by atoms with Crippen molar-refractivity contribution in [3.8, 4) is 11.5 Å². The second-order valence-electron chi connectivity index (χ2n) is 8.41. The summed E-state index contributed by atoms with van der Waals surface area (Å²) in [5.41, 5.74) is 0.0626. The summed E-state index contributed by atoms with van der Waals surface area (Å²) < 4.78 is 12.1. The first-order valence-electron chi connectivity index (χ1n) is 10.2. The van der Waals surface area contributed by atoms with Gasteiger partial charge in [-0.3, -0.25) is 0 Å². The molecule has 0 heterocycles. The van der Waals surface area contributed by atoms with E-state index >= 15 is 0 Å². The second-order valence-corrected chi connectivity index (χ2v) is 8.41. The number of hydrogen-bond acceptors (Lipinski definition) is 4. The van der Waals surface area contributed by atoms with Gasteiger partial charge in [-0.15, -0.1) is 12.4 Å². The molecule has 0 aliphatic heterocycles. The van der Waals surface area contributed by atoms with E-state index in [9.17, 15) is 5.11 Å². The SMILES string of the molecule is CC(C)Oc1cccc(C2(O)CCC(Oc3ccccc3)CC2CN(C)C)c1.Cl. The van der Waals surface area contributed by atoms with Crippen molar-refractivity contribution in [2.45, 2.75) is 50.9 Å². The minimum Gasteiger partial charge on any atom is -0.491 e. The number of ether oxygens (including phenoxy) is 2. The highest BCUT2D eigenvalue weighted by atomic mass is 35.5. The third-order valence-corrected chi connectivity index (χ3v) is 5.41. The van der Waals surface area contributed by atoms with Gasteiger partial charge < -0.3 is 19.5 Å². The highest BCUT2D eigenvalue weighted by Crippen LogP contribution is 2.43. The van der Waals surface area contributed by atoms with Gasteiger partial charge in [0.05, 0.1) is 17.8 Å². The van der Waals surface area contributed by atoms with Gasteiger partial charge in [0.15, 0.2) is 0 Å². The van der Waals surface area contributed by atoms with Crippen molar-refractivity contribution >= 4 is 12.4 Å². The number of nitrogens with zero attached hydrogens (tertiary/aromatic N) is 1. The van der Waals surface area contributed by atoms with Gasteiger partial charge in [0, 0.05) is 12.5 Å². The molecule has 1 N–H and O–H groups in total. The van der Waals surface area contributed by atoms with Crippen LogP contribution in [0.5, 0.6) is 11.5 Å². The monoisotopic (exact) mass is 419 g/mol. The maximum Gasteiger partial charge on any atom is 0.120 e. The Morgan fingerprint density at radius 1 is 1.07 bits per heavy atom. The Kier molecular flexibility index (Phi) is 8.38. The molecular weight excluding hydrogens is 386 g/mol. The number of benzene rings is 2. The molecule has 0 radical (unpaired) electrons. The quantitative estimate of drug-likeness (QED) is 0.693. The Morgan fingerprint density at radius 2 is 1.76 bits per heavy atom. The van der Waals surface area contributed by atoms with Crippen LogP contribution < -0.4 is 9.47 Å². The summed E-state index contributed by atoms with van der Waals surface area (Å²) in [4.78, 5) is 2.15. The summed E-state index contributed by atoms with van der Waals surface area (Å²) >= 11 is 0. The maximum absolute atomic E-state index is 11.8. The van der Waals surface area contributed by atoms with Crippen LogP contribution in [0.3, 0.4) is 0 Å². The molecule has 3 atom stereocenters. The topological polar surface area (TPSA) is 41.9 Å². The van der Waals surface area contributed by atoms with Crippen molar-refractivity contribution in [2.24, 2.45) is 5.92 Å². The fraction of sp³-hybridized carbons (Fsp3) is 0.500. The fourth-order valence-electron chi connectivity index (χ4n) is 4.17. The molecule has 0 saturated heterocycles. The Hall–Kier alpha value is -1.75. The van der Waals surface area contributed by atoms with Crippen molar-refractivity contribution in [3.63, 3.8) is 0 Å². The molecule has 29 heavy (non-hydrogen) atoms. The van der Waals surface area contributed by atoms with E-state index < -0.39 is 5.60 Å². The smallest absolute Gasteiger partial charge is 0.120 e. The van der Waals surface area contributed by atoms with E-state index in [0.29, 0.717) is 6.42 Å². The molecule has 1 fully saturated rings. The molecule has 3 unspecified atom stereocenters. The minimum absolute atomic E-state index is 0. The van der Waals surface area contributed by atoms with Crippen LogP contribution in [0.1, 0.15) is 38.7 Å². The van der Waals surface area contributed by atoms with Gasteiger partial charge in [0.2, 0.25) is 0 Å². The van der Waals surface area contributed by atoms with Gasteiger partial charge in [-0.2, -0.15) is 0 Å². The van der Waals surface area contributed by atoms with Crippen molar-refractivity contribution in [2.75, 3.05) is 20.6 Å². The summed E-state index contributed by atoms with van der Waals surface area (Å²) in [6.07, 6.45) is 2.54. The normalized spacial score (nSPS) is 24.2. The third kappa shape index (κ3) is 6.11. The summed E-state index contributed by atoms with van der Waals surface area (Å²) in [6, 6.07) is 17.9. The third-order valence-electron chi connectivity index (χ3n) is 5.41. The Balaban J connectivity index is 0.00000300. The highest BCUT2D eigenvalue weighted by Gasteiger charge is 2.44. The largest absolute Gasteiger partial charge is 0.491 e. The lowest BCUT2D eigenvalue weighted by atomic mass is 9.70. The molecule has 2 aromatic carbocycles. The van der Waals surface area contributed by atoms with Crippen LogP contribution in [-0.4, -0.2) is 42.9 Å². The van der Waals surface area contributed by atoms with E-state index in [-0.39, 0.29) is 30.5 Å². The molecule has 0 aromatic heterocycles. The summed E-state index contributed by atoms with van der Waals surface area (Å²) in [5, 5.41) is 11.8. The summed E-state index contributed by atoms with van der Waals surface area (Å²) in [7, 11) is 4.11. The van der Waals surface area contributed by atoms with Gasteiger partial charge in [-0.05, 0) is 77.0 Å². The van der Waals surface area contributed by atoms with E-state index in [1.807, 2.05) is 68.4 Å². The lowest BCUT2D eigenvalue weighted by Gasteiger charge is -2.44. The Labute approximate surface area is 181 Å². The van der Waals surface area contributed by atoms with Gasteiger partial charge >= 0.3 is 0 Å². The van der Waals surface area contributed by atoms with E-state index in [1.165, 1.54) is 0 Å². The maximum atomic E-state index is 11.8. The standard InChI is InChI=1S/C24H33NO3.ClH/c1-18(2)27-22-12-8-9-19(15-22)24(26)14-13-23(16-20(24)17-25(3)4)28-21-10-6-5-7-11-21;/h5-12,15,18,20,23,26H,13-14,16-17H2,1-4H3;1H. The predicted octanol–water partition coefficient (Wildman–Crippen LogP) is 4.89. The second kappa shape index (κ2) is 10.3. The zero-order chi connectivity index (χ0) is 20.1. The first kappa shape index (κ1) is 23.5. The van der Waals surface area contributed by atoms with Crippen LogP contribution in [0.25, 0.3) is 0 Å². The molecule has 1 aliphatic rings. The fourth-order valence-corrected chi connectivity index (χ4v) is 4.17. The summed E-state index contributed by atoms with van der Waals surface area (Å²) in [5.74, 6) is 1.79. The Morgan fingerprint density at radius 3 is 2.41 bits per heavy atom. The molecule has 3 rings (SSSR count). The van der Waals surface area contributed by atoms with Crippen LogP contribution in [0.4, 0.5) is 0 Å². The van der Waals surface area contributed by atoms with Crippen LogP contribution in [0, 0.1) is 5.92 Å². The van der Waals surface area contributed by atoms with Crippen LogP contribution >= 0.6 is 12.4 Å². The lowest BCUT2D eigenvalue weighted by Crippen LogP contribution is -2.47. The first-order chi connectivity index (χ1) is 13.4. The average molecular weight is 420 g/mol. The van der Waals surface area contributed by atoms with Crippen molar-refractivity contribution in [3.05, 3.63) is 60.2 Å². The zero-order valence-corrected chi connectivity index (χ0v) is 18.7. The first-order valence-corrected chi connectivity index (χ1v) is 10.2. The number of para-hydroxylation sites is 1. The molecule has 0 bridgehead atoms. The van der Waals surface area contributed by atoms with Crippen molar-refractivity contribution in [1.29, 1.82) is 0 Å². The molecule has 2 aromatic rings. The molecule has 4 nitrogen and oxygen atoms in total. The molecule has 160 valence electrons. The molecule has 0 amide bonds. The van der Waals surface area contributed by atoms with Gasteiger partial charge in [0.25, 0.3) is 0 Å². The molecular formula is C24H34ClNO3. The molecule has 1 aliphatic carbocycles. The van der Waals surface area contributed by atoms with E-state index in [2.05, 4.69) is 19.0 Å². The predicted molar refractivity (Wildman–Crippen MR) is 120 cm³/mol. The molecule has 5 heteroatoms. The Bertz CT molecular complexity index is 753. The minimum atomic E-state index is -0.878. The van der Waals surface area contributed by atoms with Crippen molar-refractivity contribution in [1.82, 2.24) is 4.90 Å². The average Bonchev–Trinajstić information content (AvgIpc) is 2.65. The van der Waals surface area contributed by atoms with E-state index in [4.69, 9.17) is 9.47 Å². The molecule has 1 saturated carbocycles. The van der Waals surface area contributed by atoms with Crippen LogP contribution in [0.15, 0.2) is 54.6 Å². The number of halogens is 1.